The van der Waals surface area contributed by atoms with Crippen molar-refractivity contribution in [2.45, 2.75) is 32.6 Å². The van der Waals surface area contributed by atoms with Crippen molar-refractivity contribution < 1.29 is 4.42 Å². The number of fused-ring (bicyclic) bond motifs is 4. The van der Waals surface area contributed by atoms with E-state index in [1.807, 2.05) is 18.2 Å². The van der Waals surface area contributed by atoms with Crippen LogP contribution in [0.25, 0.3) is 11.0 Å². The smallest absolute Gasteiger partial charge is 0.133 e. The van der Waals surface area contributed by atoms with Gasteiger partial charge in [0.1, 0.15) is 5.58 Å². The molecule has 106 valence electrons. The van der Waals surface area contributed by atoms with E-state index in [4.69, 9.17) is 4.42 Å². The summed E-state index contributed by atoms with van der Waals surface area (Å²) >= 11 is 0. The second-order valence-corrected chi connectivity index (χ2v) is 6.75. The zero-order valence-corrected chi connectivity index (χ0v) is 12.6. The molecular weight excluding hydrogens is 256 g/mol. The predicted octanol–water partition coefficient (Wildman–Crippen LogP) is 5.48. The van der Waals surface area contributed by atoms with Gasteiger partial charge in [-0.1, -0.05) is 42.8 Å². The summed E-state index contributed by atoms with van der Waals surface area (Å²) in [6, 6.07) is 17.0. The highest BCUT2D eigenvalue weighted by molar-refractivity contribution is 5.77. The van der Waals surface area contributed by atoms with Crippen molar-refractivity contribution in [2.75, 3.05) is 0 Å². The minimum absolute atomic E-state index is 0.670. The van der Waals surface area contributed by atoms with Gasteiger partial charge in [-0.3, -0.25) is 0 Å². The van der Waals surface area contributed by atoms with Crippen LogP contribution in [0.15, 0.2) is 59.2 Å². The third-order valence-electron chi connectivity index (χ3n) is 4.98. The molecule has 2 aliphatic rings. The van der Waals surface area contributed by atoms with E-state index in [0.29, 0.717) is 5.41 Å². The molecule has 0 amide bonds. The fraction of sp³-hybridized carbons (Fsp3) is 0.300. The molecule has 1 saturated carbocycles. The summed E-state index contributed by atoms with van der Waals surface area (Å²) in [4.78, 5) is 0. The third kappa shape index (κ3) is 2.17. The van der Waals surface area contributed by atoms with E-state index in [1.165, 1.54) is 23.8 Å². The maximum absolute atomic E-state index is 5.17. The first-order chi connectivity index (χ1) is 10.2. The molecule has 2 atom stereocenters. The lowest BCUT2D eigenvalue weighted by Gasteiger charge is -2.01. The number of hydrogen-bond donors (Lipinski definition) is 0. The fourth-order valence-electron chi connectivity index (χ4n) is 3.64. The molecule has 2 unspecified atom stereocenters. The largest absolute Gasteiger partial charge is 0.464 e. The van der Waals surface area contributed by atoms with Crippen molar-refractivity contribution in [1.82, 2.24) is 0 Å². The number of furan rings is 1. The first-order valence-corrected chi connectivity index (χ1v) is 7.67. The topological polar surface area (TPSA) is 13.1 Å². The van der Waals surface area contributed by atoms with Crippen LogP contribution in [0.5, 0.6) is 0 Å². The lowest BCUT2D eigenvalue weighted by molar-refractivity contribution is 0.579. The van der Waals surface area contributed by atoms with Crippen molar-refractivity contribution in [3.63, 3.8) is 0 Å². The quantitative estimate of drug-likeness (QED) is 0.530. The second-order valence-electron chi connectivity index (χ2n) is 6.75. The summed E-state index contributed by atoms with van der Waals surface area (Å²) in [5.41, 5.74) is 6.14. The summed E-state index contributed by atoms with van der Waals surface area (Å²) in [7, 11) is 0. The van der Waals surface area contributed by atoms with Crippen LogP contribution in [-0.4, -0.2) is 0 Å². The average molecular weight is 276 g/mol. The van der Waals surface area contributed by atoms with Gasteiger partial charge in [-0.05, 0) is 60.4 Å². The van der Waals surface area contributed by atoms with E-state index in [9.17, 15) is 0 Å². The lowest BCUT2D eigenvalue weighted by atomic mass is 10.0. The summed E-state index contributed by atoms with van der Waals surface area (Å²) in [6.07, 6.45) is 4.47. The molecule has 0 N–H and O–H groups in total. The second kappa shape index (κ2) is 4.49. The lowest BCUT2D eigenvalue weighted by Crippen LogP contribution is -1.93. The average Bonchev–Trinajstić information content (AvgIpc) is 2.85. The Hall–Kier alpha value is -2.02. The molecule has 1 heteroatoms. The van der Waals surface area contributed by atoms with Crippen LogP contribution in [0.2, 0.25) is 0 Å². The van der Waals surface area contributed by atoms with Crippen LogP contribution >= 0.6 is 0 Å². The van der Waals surface area contributed by atoms with E-state index >= 15 is 0 Å². The van der Waals surface area contributed by atoms with Crippen LogP contribution in [0, 0.1) is 12.3 Å². The Bertz CT molecular complexity index is 798. The van der Waals surface area contributed by atoms with Gasteiger partial charge in [-0.25, -0.2) is 0 Å². The fourth-order valence-corrected chi connectivity index (χ4v) is 3.64. The highest BCUT2D eigenvalue weighted by atomic mass is 16.3. The van der Waals surface area contributed by atoms with Crippen molar-refractivity contribution >= 4 is 11.0 Å². The minimum atomic E-state index is 0.670. The molecule has 0 radical (unpaired) electrons. The Morgan fingerprint density at radius 3 is 2.81 bits per heavy atom. The van der Waals surface area contributed by atoms with Crippen molar-refractivity contribution in [3.05, 3.63) is 71.5 Å². The van der Waals surface area contributed by atoms with Crippen LogP contribution in [0.4, 0.5) is 0 Å². The summed E-state index contributed by atoms with van der Waals surface area (Å²) in [5, 5.41) is 1.18. The molecule has 1 aromatic heterocycles. The van der Waals surface area contributed by atoms with Gasteiger partial charge in [0, 0.05) is 5.39 Å². The van der Waals surface area contributed by atoms with Gasteiger partial charge in [0.15, 0.2) is 0 Å². The van der Waals surface area contributed by atoms with E-state index < -0.39 is 0 Å². The van der Waals surface area contributed by atoms with Gasteiger partial charge in [-0.15, -0.1) is 0 Å². The monoisotopic (exact) mass is 276 g/mol. The third-order valence-corrected chi connectivity index (χ3v) is 4.98. The molecule has 1 fully saturated rings. The van der Waals surface area contributed by atoms with Crippen LogP contribution in [-0.2, 0) is 6.42 Å². The van der Waals surface area contributed by atoms with Crippen LogP contribution in [0.1, 0.15) is 36.0 Å². The SMILES string of the molecule is CC12Cc3ccccc3C1C2.Cc1ccc2occc2c1. The first kappa shape index (κ1) is 12.7. The number of hydrogen-bond acceptors (Lipinski definition) is 1. The van der Waals surface area contributed by atoms with E-state index in [0.717, 1.165) is 11.5 Å². The summed E-state index contributed by atoms with van der Waals surface area (Å²) in [6.45, 7) is 4.49. The minimum Gasteiger partial charge on any atom is -0.464 e. The van der Waals surface area contributed by atoms with Gasteiger partial charge in [0.2, 0.25) is 0 Å². The Balaban J connectivity index is 0.000000110. The number of rotatable bonds is 0. The molecule has 0 aliphatic heterocycles. The van der Waals surface area contributed by atoms with Crippen LogP contribution < -0.4 is 0 Å². The molecule has 1 nitrogen and oxygen atoms in total. The molecule has 2 aromatic carbocycles. The molecule has 0 bridgehead atoms. The molecule has 0 saturated heterocycles. The molecule has 2 aliphatic carbocycles. The number of benzene rings is 2. The van der Waals surface area contributed by atoms with E-state index in [-0.39, 0.29) is 0 Å². The van der Waals surface area contributed by atoms with Gasteiger partial charge in [0.25, 0.3) is 0 Å². The van der Waals surface area contributed by atoms with Crippen LogP contribution in [0.3, 0.4) is 0 Å². The van der Waals surface area contributed by atoms with Crippen molar-refractivity contribution in [3.8, 4) is 0 Å². The van der Waals surface area contributed by atoms with Gasteiger partial charge >= 0.3 is 0 Å². The summed E-state index contributed by atoms with van der Waals surface area (Å²) in [5.74, 6) is 0.915. The molecule has 5 rings (SSSR count). The van der Waals surface area contributed by atoms with Crippen molar-refractivity contribution in [1.29, 1.82) is 0 Å². The highest BCUT2D eigenvalue weighted by Gasteiger charge is 2.55. The van der Waals surface area contributed by atoms with Crippen molar-refractivity contribution in [2.24, 2.45) is 5.41 Å². The van der Waals surface area contributed by atoms with Gasteiger partial charge in [-0.2, -0.15) is 0 Å². The molecule has 1 heterocycles. The van der Waals surface area contributed by atoms with Gasteiger partial charge < -0.3 is 4.42 Å². The highest BCUT2D eigenvalue weighted by Crippen LogP contribution is 2.66. The predicted molar refractivity (Wildman–Crippen MR) is 86.6 cm³/mol. The standard InChI is InChI=1S/C11H12.C9H8O/c1-11-6-8-4-2-3-5-9(8)10(11)7-11;1-7-2-3-9-8(6-7)4-5-10-9/h2-5,10H,6-7H2,1H3;2-6H,1H3. The molecule has 0 spiro atoms. The summed E-state index contributed by atoms with van der Waals surface area (Å²) < 4.78 is 5.17. The molecule has 21 heavy (non-hydrogen) atoms. The zero-order valence-electron chi connectivity index (χ0n) is 12.6. The Morgan fingerprint density at radius 1 is 1.10 bits per heavy atom. The molecular formula is C20H20O. The van der Waals surface area contributed by atoms with Gasteiger partial charge in [0.05, 0.1) is 6.26 Å². The Kier molecular flexibility index (Phi) is 2.72. The Labute approximate surface area is 125 Å². The number of aryl methyl sites for hydroxylation is 1. The maximum Gasteiger partial charge on any atom is 0.133 e. The normalized spacial score (nSPS) is 25.0. The first-order valence-electron chi connectivity index (χ1n) is 7.67. The zero-order chi connectivity index (χ0) is 14.4. The van der Waals surface area contributed by atoms with E-state index in [1.54, 1.807) is 17.4 Å². The maximum atomic E-state index is 5.17. The Morgan fingerprint density at radius 2 is 1.95 bits per heavy atom. The van der Waals surface area contributed by atoms with E-state index in [2.05, 4.69) is 44.2 Å². The molecule has 3 aromatic rings.